The maximum atomic E-state index is 14.1. The fourth-order valence-corrected chi connectivity index (χ4v) is 5.39. The van der Waals surface area contributed by atoms with Crippen molar-refractivity contribution in [2.45, 2.75) is 51.6 Å². The van der Waals surface area contributed by atoms with Crippen LogP contribution < -0.4 is 0 Å². The van der Waals surface area contributed by atoms with Crippen molar-refractivity contribution in [1.29, 1.82) is 0 Å². The largest absolute Gasteiger partial charge is 0.324 e. The first-order valence-electron chi connectivity index (χ1n) is 10.3. The molecule has 2 heterocycles. The average Bonchev–Trinajstić information content (AvgIpc) is 2.82. The van der Waals surface area contributed by atoms with Crippen molar-refractivity contribution in [3.05, 3.63) is 76.4 Å². The zero-order valence-electron chi connectivity index (χ0n) is 17.3. The van der Waals surface area contributed by atoms with Crippen LogP contribution in [-0.2, 0) is 0 Å². The maximum Gasteiger partial charge on any atom is 0.123 e. The second-order valence-corrected chi connectivity index (χ2v) is 9.24. The Labute approximate surface area is 167 Å². The zero-order chi connectivity index (χ0) is 20.1. The number of rotatable bonds is 3. The molecule has 0 radical (unpaired) electrons. The summed E-state index contributed by atoms with van der Waals surface area (Å²) >= 11 is 0. The maximum absolute atomic E-state index is 14.1. The molecular formula is C25H30F2N+. The number of fused-ring (bicyclic) bond motifs is 2. The molecule has 2 bridgehead atoms. The van der Waals surface area contributed by atoms with E-state index < -0.39 is 0 Å². The summed E-state index contributed by atoms with van der Waals surface area (Å²) in [5, 5.41) is 0. The topological polar surface area (TPSA) is 0 Å². The van der Waals surface area contributed by atoms with Crippen molar-refractivity contribution in [2.75, 3.05) is 14.1 Å². The molecule has 4 rings (SSSR count). The van der Waals surface area contributed by atoms with Gasteiger partial charge in [-0.15, -0.1) is 0 Å². The van der Waals surface area contributed by atoms with Gasteiger partial charge in [-0.25, -0.2) is 8.78 Å². The molecule has 3 heteroatoms. The summed E-state index contributed by atoms with van der Waals surface area (Å²) in [5.41, 5.74) is 4.77. The molecular weight excluding hydrogens is 352 g/mol. The number of allylic oxidation sites excluding steroid dienone is 1. The quantitative estimate of drug-likeness (QED) is 0.569. The number of hydrogen-bond acceptors (Lipinski definition) is 0. The number of nitrogens with zero attached hydrogens (tertiary/aromatic N) is 1. The lowest BCUT2D eigenvalue weighted by Gasteiger charge is -2.44. The Hall–Kier alpha value is -2.00. The summed E-state index contributed by atoms with van der Waals surface area (Å²) in [5.74, 6) is -0.0480. The van der Waals surface area contributed by atoms with Gasteiger partial charge in [0.15, 0.2) is 0 Å². The van der Waals surface area contributed by atoms with Gasteiger partial charge in [0.1, 0.15) is 11.6 Å². The standard InChI is InChI=1S/C25H30F2N/c1-16-5-7-19(26)14-23(16)25(24-15-20(27)8-6-17(24)2)13-18-11-21-9-10-22(12-18)28(21,3)4/h5-8,13-15,18,21-22H,9-12H2,1-4H3/q+1/t18?,21-,22+. The average molecular weight is 383 g/mol. The third-order valence-electron chi connectivity index (χ3n) is 7.25. The number of quaternary nitrogens is 1. The molecule has 1 nitrogen and oxygen atoms in total. The summed E-state index contributed by atoms with van der Waals surface area (Å²) in [6.07, 6.45) is 7.18. The molecule has 0 saturated carbocycles. The molecule has 2 aliphatic rings. The van der Waals surface area contributed by atoms with Gasteiger partial charge in [0.2, 0.25) is 0 Å². The van der Waals surface area contributed by atoms with E-state index in [1.54, 1.807) is 12.1 Å². The highest BCUT2D eigenvalue weighted by Gasteiger charge is 2.48. The van der Waals surface area contributed by atoms with Crippen LogP contribution in [0.25, 0.3) is 5.57 Å². The van der Waals surface area contributed by atoms with Gasteiger partial charge in [0.25, 0.3) is 0 Å². The van der Waals surface area contributed by atoms with Crippen molar-refractivity contribution in [1.82, 2.24) is 0 Å². The van der Waals surface area contributed by atoms with E-state index in [1.165, 1.54) is 25.0 Å². The first kappa shape index (κ1) is 19.3. The summed E-state index contributed by atoms with van der Waals surface area (Å²) in [6, 6.07) is 11.2. The molecule has 0 aliphatic carbocycles. The molecule has 2 saturated heterocycles. The zero-order valence-corrected chi connectivity index (χ0v) is 17.3. The van der Waals surface area contributed by atoms with Crippen molar-refractivity contribution in [3.8, 4) is 0 Å². The molecule has 0 amide bonds. The molecule has 148 valence electrons. The minimum atomic E-state index is -0.248. The summed E-state index contributed by atoms with van der Waals surface area (Å²) in [6.45, 7) is 4.00. The van der Waals surface area contributed by atoms with Crippen LogP contribution in [0, 0.1) is 31.4 Å². The van der Waals surface area contributed by atoms with Gasteiger partial charge < -0.3 is 4.48 Å². The highest BCUT2D eigenvalue weighted by molar-refractivity contribution is 5.83. The van der Waals surface area contributed by atoms with Crippen LogP contribution in [-0.4, -0.2) is 30.7 Å². The van der Waals surface area contributed by atoms with Gasteiger partial charge in [0.05, 0.1) is 26.2 Å². The van der Waals surface area contributed by atoms with Gasteiger partial charge in [-0.2, -0.15) is 0 Å². The van der Waals surface area contributed by atoms with E-state index in [9.17, 15) is 8.78 Å². The van der Waals surface area contributed by atoms with Crippen LogP contribution in [0.15, 0.2) is 42.5 Å². The second kappa shape index (κ2) is 7.11. The van der Waals surface area contributed by atoms with Crippen LogP contribution in [0.2, 0.25) is 0 Å². The minimum Gasteiger partial charge on any atom is -0.324 e. The molecule has 0 aromatic heterocycles. The van der Waals surface area contributed by atoms with E-state index in [0.29, 0.717) is 18.0 Å². The highest BCUT2D eigenvalue weighted by Crippen LogP contribution is 2.44. The molecule has 28 heavy (non-hydrogen) atoms. The van der Waals surface area contributed by atoms with E-state index in [0.717, 1.165) is 45.2 Å². The smallest absolute Gasteiger partial charge is 0.123 e. The van der Waals surface area contributed by atoms with Gasteiger partial charge in [-0.05, 0) is 71.9 Å². The van der Waals surface area contributed by atoms with Gasteiger partial charge in [-0.1, -0.05) is 18.2 Å². The number of halogens is 2. The normalized spacial score (nSPS) is 25.6. The summed E-state index contributed by atoms with van der Waals surface area (Å²) in [4.78, 5) is 0. The molecule has 0 spiro atoms. The van der Waals surface area contributed by atoms with Crippen LogP contribution in [0.5, 0.6) is 0 Å². The first-order chi connectivity index (χ1) is 13.3. The predicted octanol–water partition coefficient (Wildman–Crippen LogP) is 6.03. The number of aryl methyl sites for hydroxylation is 2. The third kappa shape index (κ3) is 3.41. The SMILES string of the molecule is Cc1ccc(F)cc1C(=CC1C[C@H]2CC[C@@H](C1)[N+]2(C)C)c1cc(F)ccc1C. The van der Waals surface area contributed by atoms with Gasteiger partial charge in [-0.3, -0.25) is 0 Å². The summed E-state index contributed by atoms with van der Waals surface area (Å²) < 4.78 is 29.3. The predicted molar refractivity (Wildman–Crippen MR) is 111 cm³/mol. The van der Waals surface area contributed by atoms with Crippen LogP contribution in [0.1, 0.15) is 47.9 Å². The Morgan fingerprint density at radius 3 is 1.79 bits per heavy atom. The van der Waals surface area contributed by atoms with Crippen LogP contribution in [0.3, 0.4) is 0 Å². The molecule has 2 fully saturated rings. The Kier molecular flexibility index (Phi) is 4.91. The van der Waals surface area contributed by atoms with Gasteiger partial charge in [0, 0.05) is 25.7 Å². The summed E-state index contributed by atoms with van der Waals surface area (Å²) in [7, 11) is 4.72. The molecule has 2 aliphatic heterocycles. The highest BCUT2D eigenvalue weighted by atomic mass is 19.1. The van der Waals surface area contributed by atoms with E-state index in [2.05, 4.69) is 20.2 Å². The van der Waals surface area contributed by atoms with Gasteiger partial charge >= 0.3 is 0 Å². The third-order valence-corrected chi connectivity index (χ3v) is 7.25. The molecule has 1 unspecified atom stereocenters. The fourth-order valence-electron chi connectivity index (χ4n) is 5.39. The second-order valence-electron chi connectivity index (χ2n) is 9.24. The molecule has 2 aromatic carbocycles. The lowest BCUT2D eigenvalue weighted by molar-refractivity contribution is -0.931. The van der Waals surface area contributed by atoms with Crippen molar-refractivity contribution in [2.24, 2.45) is 5.92 Å². The Morgan fingerprint density at radius 1 is 0.857 bits per heavy atom. The molecule has 3 atom stereocenters. The minimum absolute atomic E-state index is 0.248. The van der Waals surface area contributed by atoms with Crippen molar-refractivity contribution in [3.63, 3.8) is 0 Å². The first-order valence-corrected chi connectivity index (χ1v) is 10.3. The van der Waals surface area contributed by atoms with E-state index in [4.69, 9.17) is 0 Å². The number of benzene rings is 2. The van der Waals surface area contributed by atoms with Crippen LogP contribution in [0.4, 0.5) is 8.78 Å². The lowest BCUT2D eigenvalue weighted by Crippen LogP contribution is -2.54. The van der Waals surface area contributed by atoms with Crippen LogP contribution >= 0.6 is 0 Å². The monoisotopic (exact) mass is 382 g/mol. The fraction of sp³-hybridized carbons (Fsp3) is 0.440. The van der Waals surface area contributed by atoms with E-state index in [1.807, 2.05) is 26.0 Å². The van der Waals surface area contributed by atoms with E-state index >= 15 is 0 Å². The lowest BCUT2D eigenvalue weighted by atomic mass is 9.83. The molecule has 2 aromatic rings. The number of hydrogen-bond donors (Lipinski definition) is 0. The number of piperidine rings is 1. The molecule has 0 N–H and O–H groups in total. The van der Waals surface area contributed by atoms with E-state index in [-0.39, 0.29) is 11.6 Å². The Bertz CT molecular complexity index is 859. The van der Waals surface area contributed by atoms with Crippen molar-refractivity contribution >= 4 is 5.57 Å². The Balaban J connectivity index is 1.81. The van der Waals surface area contributed by atoms with Crippen molar-refractivity contribution < 1.29 is 13.3 Å². The Morgan fingerprint density at radius 2 is 1.32 bits per heavy atom.